The lowest BCUT2D eigenvalue weighted by molar-refractivity contribution is -0.125. The van der Waals surface area contributed by atoms with Gasteiger partial charge in [0.1, 0.15) is 5.78 Å². The lowest BCUT2D eigenvalue weighted by atomic mass is 9.63. The molecule has 2 saturated carbocycles. The highest BCUT2D eigenvalue weighted by Gasteiger charge is 2.50. The number of carbonyl (C=O) groups excluding carboxylic acids is 1. The Bertz CT molecular complexity index is 162. The van der Waals surface area contributed by atoms with Crippen LogP contribution in [0.2, 0.25) is 0 Å². The van der Waals surface area contributed by atoms with Crippen LogP contribution >= 0.6 is 0 Å². The molecular formula is C8H12O. The molecule has 2 aliphatic carbocycles. The Morgan fingerprint density at radius 1 is 1.56 bits per heavy atom. The molecule has 0 bridgehead atoms. The lowest BCUT2D eigenvalue weighted by Gasteiger charge is -2.40. The van der Waals surface area contributed by atoms with Crippen molar-refractivity contribution in [3.8, 4) is 0 Å². The van der Waals surface area contributed by atoms with Gasteiger partial charge in [0.15, 0.2) is 0 Å². The van der Waals surface area contributed by atoms with Crippen LogP contribution in [-0.4, -0.2) is 5.78 Å². The van der Waals surface area contributed by atoms with Crippen molar-refractivity contribution in [2.45, 2.75) is 32.6 Å². The zero-order valence-electron chi connectivity index (χ0n) is 5.81. The molecule has 0 spiro atoms. The summed E-state index contributed by atoms with van der Waals surface area (Å²) < 4.78 is 0. The van der Waals surface area contributed by atoms with Gasteiger partial charge in [-0.2, -0.15) is 0 Å². The third kappa shape index (κ3) is 0.525. The van der Waals surface area contributed by atoms with Crippen molar-refractivity contribution in [1.82, 2.24) is 0 Å². The fraction of sp³-hybridized carbons (Fsp3) is 0.875. The summed E-state index contributed by atoms with van der Waals surface area (Å²) in [5.41, 5.74) is 0.455. The van der Waals surface area contributed by atoms with E-state index in [-0.39, 0.29) is 0 Å². The van der Waals surface area contributed by atoms with E-state index >= 15 is 0 Å². The van der Waals surface area contributed by atoms with Gasteiger partial charge >= 0.3 is 0 Å². The Balaban J connectivity index is 2.24. The van der Waals surface area contributed by atoms with Gasteiger partial charge in [0.25, 0.3) is 0 Å². The van der Waals surface area contributed by atoms with Crippen molar-refractivity contribution in [2.24, 2.45) is 11.3 Å². The molecule has 1 nitrogen and oxygen atoms in total. The molecular weight excluding hydrogens is 112 g/mol. The fourth-order valence-corrected chi connectivity index (χ4v) is 2.21. The van der Waals surface area contributed by atoms with Crippen molar-refractivity contribution < 1.29 is 4.79 Å². The van der Waals surface area contributed by atoms with Gasteiger partial charge in [0.05, 0.1) is 0 Å². The molecule has 0 unspecified atom stereocenters. The van der Waals surface area contributed by atoms with Gasteiger partial charge < -0.3 is 0 Å². The second-order valence-electron chi connectivity index (χ2n) is 3.71. The number of rotatable bonds is 0. The molecule has 0 saturated heterocycles. The second-order valence-corrected chi connectivity index (χ2v) is 3.71. The van der Waals surface area contributed by atoms with Gasteiger partial charge in [-0.1, -0.05) is 6.92 Å². The zero-order valence-corrected chi connectivity index (χ0v) is 5.81. The number of fused-ring (bicyclic) bond motifs is 1. The minimum Gasteiger partial charge on any atom is -0.299 e. The van der Waals surface area contributed by atoms with Gasteiger partial charge in [-0.25, -0.2) is 0 Å². The predicted molar refractivity (Wildman–Crippen MR) is 35.1 cm³/mol. The number of carbonyl (C=O) groups is 1. The maximum Gasteiger partial charge on any atom is 0.136 e. The topological polar surface area (TPSA) is 17.1 Å². The smallest absolute Gasteiger partial charge is 0.136 e. The van der Waals surface area contributed by atoms with Crippen LogP contribution in [0.1, 0.15) is 32.6 Å². The summed E-state index contributed by atoms with van der Waals surface area (Å²) >= 11 is 0. The standard InChI is InChI=1S/C8H12O/c1-8-4-2-6(8)7(9)3-5-8/h6H,2-5H2,1H3/t6-,8-/m1/s1. The summed E-state index contributed by atoms with van der Waals surface area (Å²) in [4.78, 5) is 11.0. The largest absolute Gasteiger partial charge is 0.299 e. The first kappa shape index (κ1) is 5.45. The number of hydrogen-bond acceptors (Lipinski definition) is 1. The van der Waals surface area contributed by atoms with Gasteiger partial charge in [-0.3, -0.25) is 4.79 Å². The summed E-state index contributed by atoms with van der Waals surface area (Å²) in [7, 11) is 0. The normalized spacial score (nSPS) is 48.6. The number of hydrogen-bond donors (Lipinski definition) is 0. The monoisotopic (exact) mass is 124 g/mol. The summed E-state index contributed by atoms with van der Waals surface area (Å²) in [6.07, 6.45) is 4.50. The molecule has 0 aliphatic heterocycles. The van der Waals surface area contributed by atoms with Crippen molar-refractivity contribution in [2.75, 3.05) is 0 Å². The first-order valence-electron chi connectivity index (χ1n) is 3.75. The van der Waals surface area contributed by atoms with E-state index in [4.69, 9.17) is 0 Å². The molecule has 0 aromatic rings. The van der Waals surface area contributed by atoms with Gasteiger partial charge in [-0.05, 0) is 24.7 Å². The average molecular weight is 124 g/mol. The van der Waals surface area contributed by atoms with E-state index in [1.165, 1.54) is 12.8 Å². The van der Waals surface area contributed by atoms with Gasteiger partial charge in [0, 0.05) is 12.3 Å². The minimum absolute atomic E-state index is 0.455. The second kappa shape index (κ2) is 1.39. The first-order chi connectivity index (χ1) is 4.22. The van der Waals surface area contributed by atoms with Crippen molar-refractivity contribution in [3.05, 3.63) is 0 Å². The molecule has 2 fully saturated rings. The van der Waals surface area contributed by atoms with Crippen LogP contribution in [0.5, 0.6) is 0 Å². The third-order valence-electron chi connectivity index (χ3n) is 3.18. The molecule has 1 heteroatoms. The van der Waals surface area contributed by atoms with Crippen molar-refractivity contribution >= 4 is 5.78 Å². The van der Waals surface area contributed by atoms with E-state index in [2.05, 4.69) is 6.92 Å². The summed E-state index contributed by atoms with van der Waals surface area (Å²) in [5.74, 6) is 1.00. The van der Waals surface area contributed by atoms with E-state index in [0.717, 1.165) is 12.8 Å². The molecule has 50 valence electrons. The van der Waals surface area contributed by atoms with Crippen LogP contribution in [-0.2, 0) is 4.79 Å². The molecule has 9 heavy (non-hydrogen) atoms. The lowest BCUT2D eigenvalue weighted by Crippen LogP contribution is -2.35. The van der Waals surface area contributed by atoms with E-state index < -0.39 is 0 Å². The molecule has 2 aliphatic rings. The Labute approximate surface area is 55.4 Å². The molecule has 0 heterocycles. The number of ketones is 1. The Kier molecular flexibility index (Phi) is 0.842. The maximum atomic E-state index is 11.0. The quantitative estimate of drug-likeness (QED) is 0.481. The molecule has 0 radical (unpaired) electrons. The van der Waals surface area contributed by atoms with Crippen LogP contribution in [0.25, 0.3) is 0 Å². The van der Waals surface area contributed by atoms with Crippen LogP contribution in [0.3, 0.4) is 0 Å². The van der Waals surface area contributed by atoms with Gasteiger partial charge in [0.2, 0.25) is 0 Å². The van der Waals surface area contributed by atoms with E-state index in [0.29, 0.717) is 17.1 Å². The predicted octanol–water partition coefficient (Wildman–Crippen LogP) is 1.77. The van der Waals surface area contributed by atoms with E-state index in [9.17, 15) is 4.79 Å². The van der Waals surface area contributed by atoms with E-state index in [1.807, 2.05) is 0 Å². The highest BCUT2D eigenvalue weighted by atomic mass is 16.1. The van der Waals surface area contributed by atoms with Crippen LogP contribution in [0.4, 0.5) is 0 Å². The Morgan fingerprint density at radius 3 is 2.56 bits per heavy atom. The van der Waals surface area contributed by atoms with Crippen LogP contribution < -0.4 is 0 Å². The maximum absolute atomic E-state index is 11.0. The zero-order chi connectivity index (χ0) is 6.48. The minimum atomic E-state index is 0.455. The highest BCUT2D eigenvalue weighted by Crippen LogP contribution is 2.55. The molecule has 2 rings (SSSR count). The van der Waals surface area contributed by atoms with Crippen LogP contribution in [0.15, 0.2) is 0 Å². The molecule has 0 aromatic heterocycles. The molecule has 0 N–H and O–H groups in total. The summed E-state index contributed by atoms with van der Waals surface area (Å²) in [5, 5.41) is 0. The first-order valence-corrected chi connectivity index (χ1v) is 3.75. The number of Topliss-reactive ketones (excluding diaryl/α,β-unsaturated/α-hetero) is 1. The molecule has 2 atom stereocenters. The summed E-state index contributed by atoms with van der Waals surface area (Å²) in [6, 6.07) is 0. The Morgan fingerprint density at radius 2 is 2.33 bits per heavy atom. The van der Waals surface area contributed by atoms with Crippen LogP contribution in [0, 0.1) is 11.3 Å². The van der Waals surface area contributed by atoms with Crippen molar-refractivity contribution in [3.63, 3.8) is 0 Å². The van der Waals surface area contributed by atoms with E-state index in [1.54, 1.807) is 0 Å². The highest BCUT2D eigenvalue weighted by molar-refractivity contribution is 5.85. The van der Waals surface area contributed by atoms with Gasteiger partial charge in [-0.15, -0.1) is 0 Å². The summed E-state index contributed by atoms with van der Waals surface area (Å²) in [6.45, 7) is 2.26. The SMILES string of the molecule is C[C@@]12CCC(=O)[C@H]1CC2. The Hall–Kier alpha value is -0.330. The average Bonchev–Trinajstić information content (AvgIpc) is 1.93. The molecule has 0 aromatic carbocycles. The molecule has 0 amide bonds. The van der Waals surface area contributed by atoms with Crippen molar-refractivity contribution in [1.29, 1.82) is 0 Å². The third-order valence-corrected chi connectivity index (χ3v) is 3.18. The fourth-order valence-electron chi connectivity index (χ4n) is 2.21.